The highest BCUT2D eigenvalue weighted by molar-refractivity contribution is 5.92. The van der Waals surface area contributed by atoms with Crippen LogP contribution in [-0.4, -0.2) is 30.6 Å². The van der Waals surface area contributed by atoms with Crippen LogP contribution < -0.4 is 17.0 Å². The molecule has 0 spiro atoms. The highest BCUT2D eigenvalue weighted by atomic mass is 16.6. The second-order valence-corrected chi connectivity index (χ2v) is 3.74. The van der Waals surface area contributed by atoms with Gasteiger partial charge in [-0.25, -0.2) is 15.5 Å². The number of nitrogens with two attached hydrogens (primary N) is 2. The Morgan fingerprint density at radius 3 is 2.70 bits per heavy atom. The Balaban J connectivity index is 2.66. The average Bonchev–Trinajstić information content (AvgIpc) is 2.86. The molecule has 11 heteroatoms. The molecule has 0 unspecified atom stereocenters. The summed E-state index contributed by atoms with van der Waals surface area (Å²) in [6.07, 6.45) is 2.41. The van der Waals surface area contributed by atoms with Crippen LogP contribution in [0.25, 0.3) is 5.82 Å². The molecule has 0 aliphatic carbocycles. The van der Waals surface area contributed by atoms with E-state index in [0.29, 0.717) is 0 Å². The van der Waals surface area contributed by atoms with Crippen molar-refractivity contribution in [1.82, 2.24) is 19.7 Å². The fourth-order valence-corrected chi connectivity index (χ4v) is 1.56. The van der Waals surface area contributed by atoms with Crippen LogP contribution in [0.3, 0.4) is 0 Å². The molecule has 2 heterocycles. The van der Waals surface area contributed by atoms with E-state index in [2.05, 4.69) is 20.5 Å². The second kappa shape index (κ2) is 4.89. The van der Waals surface area contributed by atoms with Crippen molar-refractivity contribution in [2.75, 3.05) is 5.43 Å². The predicted octanol–water partition coefficient (Wildman–Crippen LogP) is -0.737. The van der Waals surface area contributed by atoms with E-state index < -0.39 is 10.8 Å². The van der Waals surface area contributed by atoms with Gasteiger partial charge in [0.15, 0.2) is 0 Å². The lowest BCUT2D eigenvalue weighted by atomic mass is 10.3. The predicted molar refractivity (Wildman–Crippen MR) is 66.9 cm³/mol. The molecule has 0 aliphatic rings. The van der Waals surface area contributed by atoms with Crippen molar-refractivity contribution in [2.24, 2.45) is 11.6 Å². The van der Waals surface area contributed by atoms with Gasteiger partial charge in [-0.15, -0.1) is 0 Å². The van der Waals surface area contributed by atoms with Gasteiger partial charge in [-0.2, -0.15) is 10.1 Å². The van der Waals surface area contributed by atoms with Gasteiger partial charge in [0.05, 0.1) is 16.7 Å². The molecule has 20 heavy (non-hydrogen) atoms. The van der Waals surface area contributed by atoms with Crippen LogP contribution in [0.2, 0.25) is 0 Å². The van der Waals surface area contributed by atoms with Crippen LogP contribution in [0.5, 0.6) is 0 Å². The molecular formula is C9H10N8O3. The molecule has 0 saturated carbocycles. The minimum absolute atomic E-state index is 0.0146. The molecule has 0 bridgehead atoms. The summed E-state index contributed by atoms with van der Waals surface area (Å²) in [4.78, 5) is 29.2. The molecule has 0 radical (unpaired) electrons. The standard InChI is InChI=1S/C9H10N8O3/c1-4-6(17(19)20)8(14-9(13-4)15-11)16-3-5(2-12-16)7(10)18/h2-3H,11H2,1H3,(H2,10,18)(H,13,14,15). The number of primary amides is 1. The molecule has 104 valence electrons. The van der Waals surface area contributed by atoms with Crippen LogP contribution in [0.1, 0.15) is 16.1 Å². The van der Waals surface area contributed by atoms with E-state index in [1.807, 2.05) is 0 Å². The van der Waals surface area contributed by atoms with Crippen molar-refractivity contribution in [3.05, 3.63) is 33.8 Å². The van der Waals surface area contributed by atoms with Gasteiger partial charge >= 0.3 is 5.69 Å². The van der Waals surface area contributed by atoms with Gasteiger partial charge in [-0.05, 0) is 6.92 Å². The van der Waals surface area contributed by atoms with Gasteiger partial charge in [-0.1, -0.05) is 0 Å². The quantitative estimate of drug-likeness (QED) is 0.373. The molecule has 0 atom stereocenters. The lowest BCUT2D eigenvalue weighted by Crippen LogP contribution is -2.15. The topological polar surface area (TPSA) is 168 Å². The van der Waals surface area contributed by atoms with Crippen LogP contribution >= 0.6 is 0 Å². The van der Waals surface area contributed by atoms with Crippen LogP contribution in [0.4, 0.5) is 11.6 Å². The van der Waals surface area contributed by atoms with E-state index in [1.54, 1.807) is 0 Å². The Labute approximate surface area is 111 Å². The van der Waals surface area contributed by atoms with Crippen molar-refractivity contribution in [3.8, 4) is 5.82 Å². The molecule has 0 aromatic carbocycles. The van der Waals surface area contributed by atoms with E-state index in [1.165, 1.54) is 19.3 Å². The number of amides is 1. The summed E-state index contributed by atoms with van der Waals surface area (Å²) < 4.78 is 1.06. The normalized spacial score (nSPS) is 10.3. The number of carbonyl (C=O) groups excluding carboxylic acids is 1. The first-order valence-corrected chi connectivity index (χ1v) is 5.28. The lowest BCUT2D eigenvalue weighted by molar-refractivity contribution is -0.385. The van der Waals surface area contributed by atoms with Crippen molar-refractivity contribution in [2.45, 2.75) is 6.92 Å². The van der Waals surface area contributed by atoms with E-state index in [9.17, 15) is 14.9 Å². The van der Waals surface area contributed by atoms with E-state index in [4.69, 9.17) is 11.6 Å². The summed E-state index contributed by atoms with van der Waals surface area (Å²) in [6, 6.07) is 0. The fourth-order valence-electron chi connectivity index (χ4n) is 1.56. The summed E-state index contributed by atoms with van der Waals surface area (Å²) in [5, 5.41) is 14.9. The summed E-state index contributed by atoms with van der Waals surface area (Å²) in [6.45, 7) is 1.43. The van der Waals surface area contributed by atoms with Gasteiger partial charge in [0.2, 0.25) is 11.8 Å². The van der Waals surface area contributed by atoms with Crippen molar-refractivity contribution in [3.63, 3.8) is 0 Å². The summed E-state index contributed by atoms with van der Waals surface area (Å²) in [5.41, 5.74) is 7.15. The number of nitrogens with zero attached hydrogens (tertiary/aromatic N) is 5. The second-order valence-electron chi connectivity index (χ2n) is 3.74. The Bertz CT molecular complexity index is 694. The van der Waals surface area contributed by atoms with Gasteiger partial charge in [0.25, 0.3) is 5.91 Å². The third-order valence-corrected chi connectivity index (χ3v) is 2.44. The van der Waals surface area contributed by atoms with Gasteiger partial charge < -0.3 is 5.73 Å². The van der Waals surface area contributed by atoms with Crippen LogP contribution in [0.15, 0.2) is 12.4 Å². The number of aryl methyl sites for hydroxylation is 1. The zero-order valence-electron chi connectivity index (χ0n) is 10.3. The number of carbonyl (C=O) groups is 1. The number of anilines is 1. The molecule has 0 fully saturated rings. The number of hydrogen-bond donors (Lipinski definition) is 3. The van der Waals surface area contributed by atoms with Crippen molar-refractivity contribution < 1.29 is 9.72 Å². The van der Waals surface area contributed by atoms with Crippen molar-refractivity contribution in [1.29, 1.82) is 0 Å². The molecule has 0 aliphatic heterocycles. The third kappa shape index (κ3) is 2.24. The number of nitrogens with one attached hydrogen (secondary N) is 1. The third-order valence-electron chi connectivity index (χ3n) is 2.44. The zero-order chi connectivity index (χ0) is 14.9. The number of rotatable bonds is 4. The molecule has 11 nitrogen and oxygen atoms in total. The number of hydrazine groups is 1. The summed E-state index contributed by atoms with van der Waals surface area (Å²) in [5.74, 6) is 4.35. The Hall–Kier alpha value is -3.08. The zero-order valence-corrected chi connectivity index (χ0v) is 10.3. The maximum atomic E-state index is 11.1. The number of hydrogen-bond acceptors (Lipinski definition) is 8. The molecule has 2 rings (SSSR count). The first-order valence-electron chi connectivity index (χ1n) is 5.28. The average molecular weight is 278 g/mol. The largest absolute Gasteiger partial charge is 0.366 e. The van der Waals surface area contributed by atoms with Gasteiger partial charge in [0.1, 0.15) is 5.69 Å². The lowest BCUT2D eigenvalue weighted by Gasteiger charge is -2.06. The van der Waals surface area contributed by atoms with Crippen molar-refractivity contribution >= 4 is 17.5 Å². The van der Waals surface area contributed by atoms with E-state index >= 15 is 0 Å². The van der Waals surface area contributed by atoms with Gasteiger partial charge in [-0.3, -0.25) is 20.3 Å². The number of nitro groups is 1. The minimum Gasteiger partial charge on any atom is -0.366 e. The Kier molecular flexibility index (Phi) is 3.27. The Morgan fingerprint density at radius 1 is 1.50 bits per heavy atom. The molecule has 1 amide bonds. The Morgan fingerprint density at radius 2 is 2.20 bits per heavy atom. The fraction of sp³-hybridized carbons (Fsp3) is 0.111. The summed E-state index contributed by atoms with van der Waals surface area (Å²) in [7, 11) is 0. The molecular weight excluding hydrogens is 268 g/mol. The summed E-state index contributed by atoms with van der Waals surface area (Å²) >= 11 is 0. The molecule has 0 saturated heterocycles. The maximum Gasteiger partial charge on any atom is 0.334 e. The maximum absolute atomic E-state index is 11.1. The SMILES string of the molecule is Cc1nc(NN)nc(-n2cc(C(N)=O)cn2)c1[N+](=O)[O-]. The minimum atomic E-state index is -0.707. The molecule has 5 N–H and O–H groups in total. The molecule has 2 aromatic rings. The monoisotopic (exact) mass is 278 g/mol. The van der Waals surface area contributed by atoms with E-state index in [-0.39, 0.29) is 28.7 Å². The van der Waals surface area contributed by atoms with E-state index in [0.717, 1.165) is 4.68 Å². The first-order chi connectivity index (χ1) is 9.43. The number of nitrogen functional groups attached to an aromatic ring is 1. The molecule has 2 aromatic heterocycles. The highest BCUT2D eigenvalue weighted by Gasteiger charge is 2.24. The first kappa shape index (κ1) is 13.4. The van der Waals surface area contributed by atoms with Gasteiger partial charge in [0, 0.05) is 6.20 Å². The smallest absolute Gasteiger partial charge is 0.334 e. The van der Waals surface area contributed by atoms with Crippen LogP contribution in [-0.2, 0) is 0 Å². The number of aromatic nitrogens is 4. The highest BCUT2D eigenvalue weighted by Crippen LogP contribution is 2.24. The van der Waals surface area contributed by atoms with Crippen LogP contribution in [0, 0.1) is 17.0 Å².